The van der Waals surface area contributed by atoms with Crippen LogP contribution in [-0.2, 0) is 16.4 Å². The van der Waals surface area contributed by atoms with Crippen molar-refractivity contribution in [1.82, 2.24) is 4.72 Å². The van der Waals surface area contributed by atoms with Gasteiger partial charge >= 0.3 is 0 Å². The van der Waals surface area contributed by atoms with Crippen LogP contribution in [0.15, 0.2) is 58.8 Å². The largest absolute Gasteiger partial charge is 0.271 e. The summed E-state index contributed by atoms with van der Waals surface area (Å²) in [4.78, 5) is 11.1. The lowest BCUT2D eigenvalue weighted by Crippen LogP contribution is -2.29. The minimum atomic E-state index is -4.14. The van der Waals surface area contributed by atoms with Crippen LogP contribution in [0.4, 0.5) is 5.69 Å². The van der Waals surface area contributed by atoms with Gasteiger partial charge in [-0.25, -0.2) is 8.42 Å². The summed E-state index contributed by atoms with van der Waals surface area (Å²) in [5.41, 5.74) is 1.95. The molecule has 0 fully saturated rings. The Bertz CT molecular complexity index is 1140. The SMILES string of the molecule is CCCc1ccc(C(NS(=O)(=O)c2cc([N+](=O)[O-])cc(C)c2Cl)c2cccs2)cc1. The number of aryl methyl sites for hydroxylation is 2. The molecule has 0 bridgehead atoms. The van der Waals surface area contributed by atoms with Crippen LogP contribution >= 0.6 is 22.9 Å². The van der Waals surface area contributed by atoms with Gasteiger partial charge in [0.15, 0.2) is 0 Å². The molecule has 6 nitrogen and oxygen atoms in total. The molecule has 0 aliphatic heterocycles. The maximum absolute atomic E-state index is 13.2. The van der Waals surface area contributed by atoms with Crippen LogP contribution in [0.5, 0.6) is 0 Å². The van der Waals surface area contributed by atoms with Gasteiger partial charge < -0.3 is 0 Å². The highest BCUT2D eigenvalue weighted by Gasteiger charge is 2.28. The Hall–Kier alpha value is -2.26. The van der Waals surface area contributed by atoms with Crippen molar-refractivity contribution in [3.63, 3.8) is 0 Å². The third-order valence-corrected chi connectivity index (χ3v) is 7.66. The van der Waals surface area contributed by atoms with Crippen molar-refractivity contribution < 1.29 is 13.3 Å². The van der Waals surface area contributed by atoms with Gasteiger partial charge in [0.05, 0.1) is 16.0 Å². The van der Waals surface area contributed by atoms with Crippen LogP contribution in [0.25, 0.3) is 0 Å². The van der Waals surface area contributed by atoms with Crippen molar-refractivity contribution in [3.8, 4) is 0 Å². The molecule has 3 rings (SSSR count). The third-order valence-electron chi connectivity index (χ3n) is 4.66. The fraction of sp³-hybridized carbons (Fsp3) is 0.238. The lowest BCUT2D eigenvalue weighted by atomic mass is 10.0. The van der Waals surface area contributed by atoms with E-state index >= 15 is 0 Å². The number of nitrogens with one attached hydrogen (secondary N) is 1. The third kappa shape index (κ3) is 4.89. The lowest BCUT2D eigenvalue weighted by Gasteiger charge is -2.19. The molecule has 0 aliphatic carbocycles. The second kappa shape index (κ2) is 9.26. The first-order chi connectivity index (χ1) is 14.2. The highest BCUT2D eigenvalue weighted by atomic mass is 35.5. The number of nitro groups is 1. The van der Waals surface area contributed by atoms with Crippen LogP contribution < -0.4 is 4.72 Å². The summed E-state index contributed by atoms with van der Waals surface area (Å²) in [6.07, 6.45) is 1.96. The summed E-state index contributed by atoms with van der Waals surface area (Å²) in [6, 6.07) is 13.1. The van der Waals surface area contributed by atoms with Gasteiger partial charge in [-0.15, -0.1) is 11.3 Å². The van der Waals surface area contributed by atoms with E-state index in [-0.39, 0.29) is 15.6 Å². The van der Waals surface area contributed by atoms with Crippen LogP contribution in [0.2, 0.25) is 5.02 Å². The number of halogens is 1. The molecule has 1 unspecified atom stereocenters. The Morgan fingerprint density at radius 1 is 1.20 bits per heavy atom. The molecule has 2 aromatic carbocycles. The smallest absolute Gasteiger partial charge is 0.258 e. The molecule has 1 heterocycles. The Labute approximate surface area is 184 Å². The van der Waals surface area contributed by atoms with Crippen LogP contribution in [0, 0.1) is 17.0 Å². The van der Waals surface area contributed by atoms with Crippen molar-refractivity contribution in [1.29, 1.82) is 0 Å². The van der Waals surface area contributed by atoms with Crippen LogP contribution in [0.3, 0.4) is 0 Å². The average Bonchev–Trinajstić information content (AvgIpc) is 3.23. The first kappa shape index (κ1) is 22.4. The molecule has 1 atom stereocenters. The van der Waals surface area contributed by atoms with Gasteiger partial charge in [-0.1, -0.05) is 55.3 Å². The van der Waals surface area contributed by atoms with E-state index in [4.69, 9.17) is 11.6 Å². The van der Waals surface area contributed by atoms with Gasteiger partial charge in [-0.05, 0) is 41.5 Å². The van der Waals surface area contributed by atoms with Crippen molar-refractivity contribution in [2.45, 2.75) is 37.6 Å². The number of hydrogen-bond donors (Lipinski definition) is 1. The van der Waals surface area contributed by atoms with Gasteiger partial charge in [0.1, 0.15) is 4.90 Å². The summed E-state index contributed by atoms with van der Waals surface area (Å²) in [7, 11) is -4.14. The molecular weight excluding hydrogens is 444 g/mol. The van der Waals surface area contributed by atoms with Crippen LogP contribution in [-0.4, -0.2) is 13.3 Å². The zero-order chi connectivity index (χ0) is 21.9. The molecule has 1 aromatic heterocycles. The van der Waals surface area contributed by atoms with E-state index in [0.717, 1.165) is 29.3 Å². The molecular formula is C21H21ClN2O4S2. The Kier molecular flexibility index (Phi) is 6.92. The molecule has 30 heavy (non-hydrogen) atoms. The summed E-state index contributed by atoms with van der Waals surface area (Å²) in [6.45, 7) is 3.64. The molecule has 0 saturated heterocycles. The van der Waals surface area contributed by atoms with Gasteiger partial charge in [0, 0.05) is 17.0 Å². The second-order valence-corrected chi connectivity index (χ2v) is 9.93. The average molecular weight is 465 g/mol. The van der Waals surface area contributed by atoms with E-state index in [1.165, 1.54) is 29.9 Å². The molecule has 9 heteroatoms. The fourth-order valence-electron chi connectivity index (χ4n) is 3.15. The number of nitro benzene ring substituents is 1. The van der Waals surface area contributed by atoms with E-state index in [2.05, 4.69) is 11.6 Å². The Balaban J connectivity index is 2.04. The van der Waals surface area contributed by atoms with Crippen LogP contribution in [0.1, 0.15) is 41.0 Å². The van der Waals surface area contributed by atoms with Crippen molar-refractivity contribution >= 4 is 38.6 Å². The van der Waals surface area contributed by atoms with E-state index in [9.17, 15) is 18.5 Å². The first-order valence-corrected chi connectivity index (χ1v) is 12.1. The maximum Gasteiger partial charge on any atom is 0.271 e. The van der Waals surface area contributed by atoms with Gasteiger partial charge in [-0.3, -0.25) is 10.1 Å². The zero-order valence-corrected chi connectivity index (χ0v) is 18.9. The molecule has 0 aliphatic rings. The predicted octanol–water partition coefficient (Wildman–Crippen LogP) is 5.64. The van der Waals surface area contributed by atoms with Crippen molar-refractivity contribution in [3.05, 3.63) is 90.6 Å². The molecule has 1 N–H and O–H groups in total. The van der Waals surface area contributed by atoms with E-state index in [0.29, 0.717) is 5.56 Å². The Morgan fingerprint density at radius 2 is 1.90 bits per heavy atom. The summed E-state index contributed by atoms with van der Waals surface area (Å²) in [5.74, 6) is 0. The maximum atomic E-state index is 13.2. The van der Waals surface area contributed by atoms with Gasteiger partial charge in [0.2, 0.25) is 10.0 Å². The highest BCUT2D eigenvalue weighted by Crippen LogP contribution is 2.33. The normalized spacial score (nSPS) is 12.6. The highest BCUT2D eigenvalue weighted by molar-refractivity contribution is 7.89. The predicted molar refractivity (Wildman–Crippen MR) is 120 cm³/mol. The number of sulfonamides is 1. The summed E-state index contributed by atoms with van der Waals surface area (Å²) < 4.78 is 29.1. The van der Waals surface area contributed by atoms with Gasteiger partial charge in [-0.2, -0.15) is 4.72 Å². The number of thiophene rings is 1. The Morgan fingerprint density at radius 3 is 2.47 bits per heavy atom. The molecule has 158 valence electrons. The fourth-order valence-corrected chi connectivity index (χ4v) is 5.81. The quantitative estimate of drug-likeness (QED) is 0.345. The molecule has 0 radical (unpaired) electrons. The van der Waals surface area contributed by atoms with Crippen molar-refractivity contribution in [2.24, 2.45) is 0 Å². The number of nitrogens with zero attached hydrogens (tertiary/aromatic N) is 1. The van der Waals surface area contributed by atoms with E-state index in [1.54, 1.807) is 0 Å². The van der Waals surface area contributed by atoms with E-state index < -0.39 is 21.0 Å². The number of non-ortho nitro benzene ring substituents is 1. The summed E-state index contributed by atoms with van der Waals surface area (Å²) >= 11 is 7.65. The molecule has 0 amide bonds. The standard InChI is InChI=1S/C21H21ClN2O4S2/c1-3-5-15-7-9-16(10-8-15)21(18-6-4-11-29-18)23-30(27,28)19-13-17(24(25)26)12-14(2)20(19)22/h4,6-13,21,23H,3,5H2,1-2H3. The molecule has 0 spiro atoms. The molecule has 3 aromatic rings. The summed E-state index contributed by atoms with van der Waals surface area (Å²) in [5, 5.41) is 13.0. The topological polar surface area (TPSA) is 89.3 Å². The minimum Gasteiger partial charge on any atom is -0.258 e. The monoisotopic (exact) mass is 464 g/mol. The zero-order valence-electron chi connectivity index (χ0n) is 16.5. The second-order valence-electron chi connectivity index (χ2n) is 6.89. The minimum absolute atomic E-state index is 0.0312. The number of hydrogen-bond acceptors (Lipinski definition) is 5. The van der Waals surface area contributed by atoms with Crippen molar-refractivity contribution in [2.75, 3.05) is 0 Å². The number of benzene rings is 2. The lowest BCUT2D eigenvalue weighted by molar-refractivity contribution is -0.385. The van der Waals surface area contributed by atoms with Gasteiger partial charge in [0.25, 0.3) is 5.69 Å². The van der Waals surface area contributed by atoms with E-state index in [1.807, 2.05) is 41.8 Å². The molecule has 0 saturated carbocycles. The first-order valence-electron chi connectivity index (χ1n) is 9.32. The number of rotatable bonds is 8.